The quantitative estimate of drug-likeness (QED) is 0.697. The molecule has 2 heterocycles. The molecule has 0 aliphatic carbocycles. The Hall–Kier alpha value is -2.21. The van der Waals surface area contributed by atoms with Gasteiger partial charge in [0.05, 0.1) is 23.4 Å². The lowest BCUT2D eigenvalue weighted by molar-refractivity contribution is -0.122. The number of hydrogen-bond acceptors (Lipinski definition) is 4. The van der Waals surface area contributed by atoms with Gasteiger partial charge < -0.3 is 16.0 Å². The standard InChI is InChI=1S/C14H16N4O2/c15-12-9(2-1-5-16-14(12)20)13(19)8-3-4-10-11(6-8)18-7-17-10/h3-4,6-7,9,12H,1-2,5,15H2,(H,16,20)(H,17,18). The van der Waals surface area contributed by atoms with Gasteiger partial charge in [-0.25, -0.2) is 4.98 Å². The maximum Gasteiger partial charge on any atom is 0.237 e. The van der Waals surface area contributed by atoms with Crippen molar-refractivity contribution >= 4 is 22.7 Å². The lowest BCUT2D eigenvalue weighted by Crippen LogP contribution is -2.45. The van der Waals surface area contributed by atoms with Gasteiger partial charge in [0.2, 0.25) is 5.91 Å². The third-order valence-corrected chi connectivity index (χ3v) is 3.77. The van der Waals surface area contributed by atoms with E-state index < -0.39 is 12.0 Å². The number of nitrogens with one attached hydrogen (secondary N) is 2. The number of carbonyl (C=O) groups is 2. The van der Waals surface area contributed by atoms with E-state index in [0.29, 0.717) is 18.5 Å². The number of H-pyrrole nitrogens is 1. The van der Waals surface area contributed by atoms with Crippen LogP contribution < -0.4 is 11.1 Å². The summed E-state index contributed by atoms with van der Waals surface area (Å²) in [5, 5.41) is 2.72. The number of ketones is 1. The second-order valence-corrected chi connectivity index (χ2v) is 5.06. The molecule has 104 valence electrons. The van der Waals surface area contributed by atoms with Gasteiger partial charge in [-0.05, 0) is 31.0 Å². The Morgan fingerprint density at radius 3 is 3.10 bits per heavy atom. The van der Waals surface area contributed by atoms with Gasteiger partial charge in [-0.3, -0.25) is 9.59 Å². The molecule has 2 aromatic rings. The van der Waals surface area contributed by atoms with E-state index in [9.17, 15) is 9.59 Å². The summed E-state index contributed by atoms with van der Waals surface area (Å²) in [7, 11) is 0. The fraction of sp³-hybridized carbons (Fsp3) is 0.357. The number of imidazole rings is 1. The van der Waals surface area contributed by atoms with Gasteiger partial charge in [-0.15, -0.1) is 0 Å². The van der Waals surface area contributed by atoms with Crippen molar-refractivity contribution in [2.45, 2.75) is 18.9 Å². The zero-order valence-corrected chi connectivity index (χ0v) is 10.9. The van der Waals surface area contributed by atoms with E-state index in [1.165, 1.54) is 0 Å². The molecule has 0 radical (unpaired) electrons. The third kappa shape index (κ3) is 2.18. The molecular formula is C14H16N4O2. The van der Waals surface area contributed by atoms with Crippen LogP contribution in [-0.2, 0) is 4.79 Å². The van der Waals surface area contributed by atoms with Crippen molar-refractivity contribution in [2.24, 2.45) is 11.7 Å². The molecule has 0 bridgehead atoms. The molecule has 6 nitrogen and oxygen atoms in total. The molecule has 1 aliphatic rings. The fourth-order valence-corrected chi connectivity index (χ4v) is 2.61. The predicted octanol–water partition coefficient (Wildman–Crippen LogP) is 0.599. The zero-order valence-electron chi connectivity index (χ0n) is 10.9. The van der Waals surface area contributed by atoms with Crippen LogP contribution in [0.3, 0.4) is 0 Å². The number of Topliss-reactive ketones (excluding diaryl/α,β-unsaturated/α-hetero) is 1. The zero-order chi connectivity index (χ0) is 14.1. The highest BCUT2D eigenvalue weighted by atomic mass is 16.2. The summed E-state index contributed by atoms with van der Waals surface area (Å²) in [5.74, 6) is -0.785. The molecule has 2 unspecified atom stereocenters. The summed E-state index contributed by atoms with van der Waals surface area (Å²) in [5.41, 5.74) is 8.08. The molecule has 1 aromatic carbocycles. The smallest absolute Gasteiger partial charge is 0.237 e. The van der Waals surface area contributed by atoms with Gasteiger partial charge in [0, 0.05) is 18.0 Å². The van der Waals surface area contributed by atoms with Crippen molar-refractivity contribution in [1.29, 1.82) is 0 Å². The Balaban J connectivity index is 1.91. The van der Waals surface area contributed by atoms with E-state index in [4.69, 9.17) is 5.73 Å². The fourth-order valence-electron chi connectivity index (χ4n) is 2.61. The van der Waals surface area contributed by atoms with Gasteiger partial charge in [0.1, 0.15) is 0 Å². The van der Waals surface area contributed by atoms with Crippen LogP contribution in [-0.4, -0.2) is 34.2 Å². The number of benzene rings is 1. The lowest BCUT2D eigenvalue weighted by atomic mass is 9.88. The highest BCUT2D eigenvalue weighted by Crippen LogP contribution is 2.21. The Bertz CT molecular complexity index is 664. The second-order valence-electron chi connectivity index (χ2n) is 5.06. The highest BCUT2D eigenvalue weighted by Gasteiger charge is 2.32. The van der Waals surface area contributed by atoms with E-state index in [-0.39, 0.29) is 11.7 Å². The van der Waals surface area contributed by atoms with Crippen LogP contribution in [0.25, 0.3) is 11.0 Å². The lowest BCUT2D eigenvalue weighted by Gasteiger charge is -2.18. The molecule has 1 aromatic heterocycles. The molecule has 1 amide bonds. The minimum absolute atomic E-state index is 0.0777. The number of aromatic amines is 1. The Morgan fingerprint density at radius 2 is 2.25 bits per heavy atom. The summed E-state index contributed by atoms with van der Waals surface area (Å²) in [6.45, 7) is 0.579. The van der Waals surface area contributed by atoms with Crippen LogP contribution >= 0.6 is 0 Å². The number of nitrogens with zero attached hydrogens (tertiary/aromatic N) is 1. The number of carbonyl (C=O) groups excluding carboxylic acids is 2. The Kier molecular flexibility index (Phi) is 3.23. The molecule has 1 aliphatic heterocycles. The van der Waals surface area contributed by atoms with Crippen molar-refractivity contribution in [3.05, 3.63) is 30.1 Å². The number of nitrogens with two attached hydrogens (primary N) is 1. The molecule has 2 atom stereocenters. The van der Waals surface area contributed by atoms with Crippen molar-refractivity contribution in [3.63, 3.8) is 0 Å². The third-order valence-electron chi connectivity index (χ3n) is 3.77. The SMILES string of the molecule is NC1C(=O)NCCCC1C(=O)c1ccc2nc[nH]c2c1. The average molecular weight is 272 g/mol. The number of rotatable bonds is 2. The van der Waals surface area contributed by atoms with Crippen molar-refractivity contribution in [2.75, 3.05) is 6.54 Å². The molecule has 20 heavy (non-hydrogen) atoms. The van der Waals surface area contributed by atoms with Crippen LogP contribution in [0.4, 0.5) is 0 Å². The summed E-state index contributed by atoms with van der Waals surface area (Å²) < 4.78 is 0. The maximum atomic E-state index is 12.6. The van der Waals surface area contributed by atoms with Crippen LogP contribution in [0.5, 0.6) is 0 Å². The summed E-state index contributed by atoms with van der Waals surface area (Å²) >= 11 is 0. The van der Waals surface area contributed by atoms with Gasteiger partial charge >= 0.3 is 0 Å². The van der Waals surface area contributed by atoms with Crippen molar-refractivity contribution < 1.29 is 9.59 Å². The van der Waals surface area contributed by atoms with Gasteiger partial charge in [0.15, 0.2) is 5.78 Å². The van der Waals surface area contributed by atoms with E-state index >= 15 is 0 Å². The number of hydrogen-bond donors (Lipinski definition) is 3. The maximum absolute atomic E-state index is 12.6. The molecule has 6 heteroatoms. The first kappa shape index (κ1) is 12.8. The monoisotopic (exact) mass is 272 g/mol. The predicted molar refractivity (Wildman–Crippen MR) is 74.1 cm³/mol. The highest BCUT2D eigenvalue weighted by molar-refractivity contribution is 6.03. The Labute approximate surface area is 115 Å². The van der Waals surface area contributed by atoms with Gasteiger partial charge in [-0.2, -0.15) is 0 Å². The molecule has 4 N–H and O–H groups in total. The topological polar surface area (TPSA) is 101 Å². The first-order valence-corrected chi connectivity index (χ1v) is 6.67. The van der Waals surface area contributed by atoms with Crippen LogP contribution in [0, 0.1) is 5.92 Å². The first-order valence-electron chi connectivity index (χ1n) is 6.67. The summed E-state index contributed by atoms with van der Waals surface area (Å²) in [6, 6.07) is 4.52. The first-order chi connectivity index (χ1) is 9.66. The van der Waals surface area contributed by atoms with Gasteiger partial charge in [0.25, 0.3) is 0 Å². The molecule has 3 rings (SSSR count). The summed E-state index contributed by atoms with van der Waals surface area (Å²) in [6.07, 6.45) is 2.98. The van der Waals surface area contributed by atoms with Crippen LogP contribution in [0.1, 0.15) is 23.2 Å². The average Bonchev–Trinajstić information content (AvgIpc) is 2.86. The molecule has 0 spiro atoms. The van der Waals surface area contributed by atoms with E-state index in [1.807, 2.05) is 0 Å². The Morgan fingerprint density at radius 1 is 1.40 bits per heavy atom. The van der Waals surface area contributed by atoms with E-state index in [2.05, 4.69) is 15.3 Å². The minimum atomic E-state index is -0.775. The van der Waals surface area contributed by atoms with Crippen molar-refractivity contribution in [1.82, 2.24) is 15.3 Å². The largest absolute Gasteiger partial charge is 0.355 e. The van der Waals surface area contributed by atoms with Gasteiger partial charge in [-0.1, -0.05) is 0 Å². The molecule has 0 saturated carbocycles. The number of amides is 1. The van der Waals surface area contributed by atoms with E-state index in [0.717, 1.165) is 17.5 Å². The van der Waals surface area contributed by atoms with Crippen molar-refractivity contribution in [3.8, 4) is 0 Å². The molecular weight excluding hydrogens is 256 g/mol. The number of aromatic nitrogens is 2. The minimum Gasteiger partial charge on any atom is -0.355 e. The second kappa shape index (κ2) is 5.05. The van der Waals surface area contributed by atoms with E-state index in [1.54, 1.807) is 24.5 Å². The molecule has 1 fully saturated rings. The number of fused-ring (bicyclic) bond motifs is 1. The molecule has 1 saturated heterocycles. The van der Waals surface area contributed by atoms with Crippen LogP contribution in [0.2, 0.25) is 0 Å². The normalized spacial score (nSPS) is 23.4. The summed E-state index contributed by atoms with van der Waals surface area (Å²) in [4.78, 5) is 31.4. The van der Waals surface area contributed by atoms with Crippen LogP contribution in [0.15, 0.2) is 24.5 Å².